The van der Waals surface area contributed by atoms with Gasteiger partial charge in [0.15, 0.2) is 0 Å². The van der Waals surface area contributed by atoms with Crippen LogP contribution in [0, 0.1) is 0 Å². The minimum Gasteiger partial charge on any atom is -0.409 e. The Labute approximate surface area is 104 Å². The smallest absolute Gasteiger partial charge is 0.409 e. The summed E-state index contributed by atoms with van der Waals surface area (Å²) in [5.74, 6) is 1.56. The molecule has 2 aliphatic carbocycles. The number of aromatic nitrogens is 1. The molecule has 0 aromatic carbocycles. The number of halogens is 1. The lowest BCUT2D eigenvalue weighted by Gasteiger charge is -2.21. The van der Waals surface area contributed by atoms with E-state index >= 15 is 0 Å². The van der Waals surface area contributed by atoms with E-state index in [9.17, 15) is 4.79 Å². The molecule has 5 heteroatoms. The average molecular weight is 253 g/mol. The summed E-state index contributed by atoms with van der Waals surface area (Å²) >= 11 is 0. The monoisotopic (exact) mass is 252 g/mol. The van der Waals surface area contributed by atoms with E-state index in [1.165, 1.54) is 17.5 Å². The van der Waals surface area contributed by atoms with Crippen LogP contribution in [-0.4, -0.2) is 18.1 Å². The van der Waals surface area contributed by atoms with Crippen molar-refractivity contribution in [3.05, 3.63) is 33.9 Å². The third kappa shape index (κ3) is 1.37. The molecule has 2 unspecified atom stereocenters. The van der Waals surface area contributed by atoms with Crippen LogP contribution in [0.5, 0.6) is 0 Å². The predicted octanol–water partition coefficient (Wildman–Crippen LogP) is 1.67. The van der Waals surface area contributed by atoms with E-state index in [1.807, 2.05) is 0 Å². The lowest BCUT2D eigenvalue weighted by Crippen LogP contribution is -2.29. The number of aromatic amines is 1. The SMILES string of the molecule is Cl.O=c1[nH]cc2c3c(cc-2o1)C1CNCC3C1. The van der Waals surface area contributed by atoms with Crippen molar-refractivity contribution in [3.63, 3.8) is 0 Å². The fourth-order valence-electron chi connectivity index (χ4n) is 3.27. The lowest BCUT2D eigenvalue weighted by molar-refractivity contribution is 0.449. The van der Waals surface area contributed by atoms with Gasteiger partial charge in [0.25, 0.3) is 0 Å². The number of rotatable bonds is 0. The summed E-state index contributed by atoms with van der Waals surface area (Å²) in [5, 5.41) is 3.45. The molecule has 2 atom stereocenters. The van der Waals surface area contributed by atoms with Crippen molar-refractivity contribution in [1.82, 2.24) is 10.3 Å². The Hall–Kier alpha value is -1.26. The highest BCUT2D eigenvalue weighted by Crippen LogP contribution is 2.50. The number of fused-ring (bicyclic) bond motifs is 7. The van der Waals surface area contributed by atoms with Crippen LogP contribution in [0.1, 0.15) is 29.4 Å². The van der Waals surface area contributed by atoms with E-state index in [2.05, 4.69) is 16.4 Å². The first-order chi connectivity index (χ1) is 7.83. The van der Waals surface area contributed by atoms with Gasteiger partial charge in [0.1, 0.15) is 5.76 Å². The van der Waals surface area contributed by atoms with Crippen LogP contribution in [-0.2, 0) is 0 Å². The van der Waals surface area contributed by atoms with Gasteiger partial charge in [-0.2, -0.15) is 0 Å². The van der Waals surface area contributed by atoms with E-state index in [4.69, 9.17) is 4.42 Å². The van der Waals surface area contributed by atoms with E-state index in [1.54, 1.807) is 6.20 Å². The van der Waals surface area contributed by atoms with Gasteiger partial charge in [-0.05, 0) is 35.4 Å². The van der Waals surface area contributed by atoms with Crippen LogP contribution in [0.4, 0.5) is 0 Å². The van der Waals surface area contributed by atoms with Crippen LogP contribution in [0.25, 0.3) is 11.3 Å². The molecule has 90 valence electrons. The van der Waals surface area contributed by atoms with Gasteiger partial charge < -0.3 is 9.73 Å². The average Bonchev–Trinajstić information content (AvgIpc) is 2.76. The zero-order chi connectivity index (χ0) is 10.7. The Bertz CT molecular complexity index is 589. The van der Waals surface area contributed by atoms with Gasteiger partial charge in [0.05, 0.1) is 0 Å². The van der Waals surface area contributed by atoms with Crippen molar-refractivity contribution < 1.29 is 4.42 Å². The summed E-state index contributed by atoms with van der Waals surface area (Å²) in [6, 6.07) is 2.05. The van der Waals surface area contributed by atoms with Crippen LogP contribution < -0.4 is 11.1 Å². The number of nitrogens with one attached hydrogen (secondary N) is 2. The van der Waals surface area contributed by atoms with Crippen molar-refractivity contribution in [2.45, 2.75) is 18.3 Å². The van der Waals surface area contributed by atoms with E-state index in [0.29, 0.717) is 11.8 Å². The molecule has 4 nitrogen and oxygen atoms in total. The van der Waals surface area contributed by atoms with Gasteiger partial charge in [0, 0.05) is 24.8 Å². The van der Waals surface area contributed by atoms with E-state index in [0.717, 1.165) is 24.4 Å². The zero-order valence-corrected chi connectivity index (χ0v) is 9.97. The summed E-state index contributed by atoms with van der Waals surface area (Å²) in [7, 11) is 0. The molecule has 2 bridgehead atoms. The molecule has 17 heavy (non-hydrogen) atoms. The Balaban J connectivity index is 0.000000902. The standard InChI is InChI=1S/C12H12N2O2.ClH/c15-12-14-5-9-10(16-12)2-8-6-1-7(11(8)9)4-13-3-6;/h2,5-7,13H,1,3-4H2,(H,14,15);1H. The van der Waals surface area contributed by atoms with Gasteiger partial charge in [0.2, 0.25) is 0 Å². The Morgan fingerprint density at radius 3 is 3.00 bits per heavy atom. The molecule has 0 spiro atoms. The maximum absolute atomic E-state index is 11.1. The maximum Gasteiger partial charge on any atom is 0.416 e. The first kappa shape index (κ1) is 10.9. The molecular formula is C12H13ClN2O2. The number of H-pyrrole nitrogens is 1. The van der Waals surface area contributed by atoms with Gasteiger partial charge in [-0.1, -0.05) is 0 Å². The molecule has 0 saturated carbocycles. The normalized spacial score (nSPS) is 25.6. The van der Waals surface area contributed by atoms with Crippen LogP contribution in [0.3, 0.4) is 0 Å². The molecule has 0 amide bonds. The summed E-state index contributed by atoms with van der Waals surface area (Å²) in [5.41, 5.74) is 3.86. The summed E-state index contributed by atoms with van der Waals surface area (Å²) in [6.07, 6.45) is 3.04. The quantitative estimate of drug-likeness (QED) is 0.750. The van der Waals surface area contributed by atoms with E-state index in [-0.39, 0.29) is 18.2 Å². The highest BCUT2D eigenvalue weighted by atomic mass is 35.5. The van der Waals surface area contributed by atoms with Crippen LogP contribution in [0.2, 0.25) is 0 Å². The third-order valence-electron chi connectivity index (χ3n) is 3.89. The van der Waals surface area contributed by atoms with Gasteiger partial charge >= 0.3 is 5.76 Å². The Morgan fingerprint density at radius 1 is 1.29 bits per heavy atom. The molecule has 0 radical (unpaired) electrons. The number of hydrogen-bond acceptors (Lipinski definition) is 3. The van der Waals surface area contributed by atoms with Crippen molar-refractivity contribution >= 4 is 12.4 Å². The molecule has 2 N–H and O–H groups in total. The number of hydrogen-bond donors (Lipinski definition) is 2. The highest BCUT2D eigenvalue weighted by Gasteiger charge is 2.38. The molecule has 0 aromatic rings. The summed E-state index contributed by atoms with van der Waals surface area (Å²) in [4.78, 5) is 13.7. The largest absolute Gasteiger partial charge is 0.416 e. The van der Waals surface area contributed by atoms with Crippen molar-refractivity contribution in [2.75, 3.05) is 13.1 Å². The molecule has 4 rings (SSSR count). The second-order valence-corrected chi connectivity index (χ2v) is 4.76. The zero-order valence-electron chi connectivity index (χ0n) is 9.16. The fourth-order valence-corrected chi connectivity index (χ4v) is 3.27. The van der Waals surface area contributed by atoms with Gasteiger partial charge in [-0.3, -0.25) is 4.98 Å². The molecule has 2 aliphatic heterocycles. The Morgan fingerprint density at radius 2 is 2.12 bits per heavy atom. The lowest BCUT2D eigenvalue weighted by atomic mass is 9.95. The topological polar surface area (TPSA) is 58.0 Å². The highest BCUT2D eigenvalue weighted by molar-refractivity contribution is 5.85. The molecule has 1 fully saturated rings. The molecule has 4 aliphatic rings. The van der Waals surface area contributed by atoms with Crippen molar-refractivity contribution in [3.8, 4) is 11.3 Å². The van der Waals surface area contributed by atoms with Crippen molar-refractivity contribution in [1.29, 1.82) is 0 Å². The third-order valence-corrected chi connectivity index (χ3v) is 3.89. The minimum atomic E-state index is -0.376. The van der Waals surface area contributed by atoms with E-state index < -0.39 is 0 Å². The molecule has 2 heterocycles. The Kier molecular flexibility index (Phi) is 2.31. The number of piperidine rings is 1. The first-order valence-corrected chi connectivity index (χ1v) is 5.68. The van der Waals surface area contributed by atoms with Crippen LogP contribution in [0.15, 0.2) is 21.5 Å². The molecule has 1 saturated heterocycles. The maximum atomic E-state index is 11.1. The van der Waals surface area contributed by atoms with Crippen LogP contribution >= 0.6 is 12.4 Å². The second-order valence-electron chi connectivity index (χ2n) is 4.76. The van der Waals surface area contributed by atoms with Crippen molar-refractivity contribution in [2.24, 2.45) is 0 Å². The predicted molar refractivity (Wildman–Crippen MR) is 66.2 cm³/mol. The second kappa shape index (κ2) is 3.62. The first-order valence-electron chi connectivity index (χ1n) is 5.68. The fraction of sp³-hybridized carbons (Fsp3) is 0.417. The molecular weight excluding hydrogens is 240 g/mol. The van der Waals surface area contributed by atoms with Gasteiger partial charge in [-0.15, -0.1) is 12.4 Å². The summed E-state index contributed by atoms with van der Waals surface area (Å²) in [6.45, 7) is 2.09. The summed E-state index contributed by atoms with van der Waals surface area (Å²) < 4.78 is 5.19. The molecule has 0 aromatic heterocycles. The minimum absolute atomic E-state index is 0. The van der Waals surface area contributed by atoms with Gasteiger partial charge in [-0.25, -0.2) is 4.79 Å².